The number of fused-ring (bicyclic) bond motifs is 1. The highest BCUT2D eigenvalue weighted by Gasteiger charge is 2.22. The molecule has 0 aliphatic heterocycles. The molecular formula is C17H24N4O2. The molecule has 6 nitrogen and oxygen atoms in total. The van der Waals surface area contributed by atoms with Crippen LogP contribution in [0.15, 0.2) is 24.3 Å². The van der Waals surface area contributed by atoms with Gasteiger partial charge in [-0.3, -0.25) is 9.59 Å². The Hall–Kier alpha value is -2.37. The quantitative estimate of drug-likeness (QED) is 0.680. The number of carbonyl (C=O) groups is 2. The molecule has 1 aromatic heterocycles. The van der Waals surface area contributed by atoms with E-state index in [1.54, 1.807) is 0 Å². The fraction of sp³-hybridized carbons (Fsp3) is 0.471. The van der Waals surface area contributed by atoms with E-state index in [1.165, 1.54) is 6.92 Å². The molecule has 2 aromatic rings. The van der Waals surface area contributed by atoms with E-state index in [2.05, 4.69) is 20.6 Å². The molecule has 6 heteroatoms. The number of aromatic amines is 1. The summed E-state index contributed by atoms with van der Waals surface area (Å²) in [5, 5.41) is 5.56. The van der Waals surface area contributed by atoms with Crippen molar-refractivity contribution in [2.24, 2.45) is 5.92 Å². The third-order valence-corrected chi connectivity index (χ3v) is 3.64. The molecule has 2 rings (SSSR count). The number of carbonyl (C=O) groups excluding carboxylic acids is 2. The first kappa shape index (κ1) is 17.0. The van der Waals surface area contributed by atoms with Gasteiger partial charge in [0.15, 0.2) is 0 Å². The van der Waals surface area contributed by atoms with Crippen molar-refractivity contribution in [2.45, 2.75) is 39.7 Å². The van der Waals surface area contributed by atoms with Gasteiger partial charge < -0.3 is 15.6 Å². The number of imidazole rings is 1. The summed E-state index contributed by atoms with van der Waals surface area (Å²) in [4.78, 5) is 31.1. The van der Waals surface area contributed by atoms with Crippen LogP contribution in [-0.4, -0.2) is 34.4 Å². The van der Waals surface area contributed by atoms with Crippen molar-refractivity contribution in [1.29, 1.82) is 0 Å². The van der Waals surface area contributed by atoms with Gasteiger partial charge in [-0.1, -0.05) is 26.0 Å². The van der Waals surface area contributed by atoms with Crippen LogP contribution >= 0.6 is 0 Å². The van der Waals surface area contributed by atoms with E-state index in [-0.39, 0.29) is 17.7 Å². The Kier molecular flexibility index (Phi) is 5.73. The molecule has 0 bridgehead atoms. The Balaban J connectivity index is 1.79. The van der Waals surface area contributed by atoms with Crippen molar-refractivity contribution >= 4 is 22.8 Å². The van der Waals surface area contributed by atoms with Crippen LogP contribution in [0.1, 0.15) is 33.0 Å². The van der Waals surface area contributed by atoms with E-state index in [4.69, 9.17) is 0 Å². The van der Waals surface area contributed by atoms with E-state index >= 15 is 0 Å². The number of H-pyrrole nitrogens is 1. The van der Waals surface area contributed by atoms with Crippen LogP contribution in [0, 0.1) is 5.92 Å². The SMILES string of the molecule is CC(=O)NC(C(=O)NCCCc1nc2ccccc2[nH]1)C(C)C. The molecule has 124 valence electrons. The molecule has 0 radical (unpaired) electrons. The summed E-state index contributed by atoms with van der Waals surface area (Å²) in [6.45, 7) is 5.80. The molecule has 0 saturated carbocycles. The molecule has 1 unspecified atom stereocenters. The first-order valence-electron chi connectivity index (χ1n) is 7.96. The minimum atomic E-state index is -0.487. The van der Waals surface area contributed by atoms with E-state index in [0.29, 0.717) is 6.54 Å². The summed E-state index contributed by atoms with van der Waals surface area (Å²) < 4.78 is 0. The molecule has 2 amide bonds. The summed E-state index contributed by atoms with van der Waals surface area (Å²) in [5.74, 6) is 0.637. The normalized spacial score (nSPS) is 12.3. The first-order chi connectivity index (χ1) is 11.0. The highest BCUT2D eigenvalue weighted by molar-refractivity contribution is 5.87. The number of aryl methyl sites for hydroxylation is 1. The average Bonchev–Trinajstić information content (AvgIpc) is 2.91. The molecule has 3 N–H and O–H groups in total. The Morgan fingerprint density at radius 3 is 2.65 bits per heavy atom. The maximum atomic E-state index is 12.1. The van der Waals surface area contributed by atoms with Gasteiger partial charge in [0.2, 0.25) is 11.8 Å². The lowest BCUT2D eigenvalue weighted by atomic mass is 10.0. The van der Waals surface area contributed by atoms with E-state index < -0.39 is 6.04 Å². The van der Waals surface area contributed by atoms with Crippen LogP contribution in [0.5, 0.6) is 0 Å². The van der Waals surface area contributed by atoms with Gasteiger partial charge in [0, 0.05) is 19.9 Å². The maximum Gasteiger partial charge on any atom is 0.242 e. The summed E-state index contributed by atoms with van der Waals surface area (Å²) in [5.41, 5.74) is 1.98. The molecule has 0 aliphatic carbocycles. The number of rotatable bonds is 7. The molecular weight excluding hydrogens is 292 g/mol. The third-order valence-electron chi connectivity index (χ3n) is 3.64. The molecule has 1 atom stereocenters. The number of nitrogens with one attached hydrogen (secondary N) is 3. The zero-order valence-electron chi connectivity index (χ0n) is 13.8. The fourth-order valence-electron chi connectivity index (χ4n) is 2.46. The molecule has 1 aromatic carbocycles. The van der Waals surface area contributed by atoms with Crippen molar-refractivity contribution in [3.05, 3.63) is 30.1 Å². The van der Waals surface area contributed by atoms with Crippen molar-refractivity contribution in [1.82, 2.24) is 20.6 Å². The van der Waals surface area contributed by atoms with Gasteiger partial charge in [-0.25, -0.2) is 4.98 Å². The number of amides is 2. The number of aromatic nitrogens is 2. The van der Waals surface area contributed by atoms with Crippen LogP contribution < -0.4 is 10.6 Å². The molecule has 0 aliphatic rings. The van der Waals surface area contributed by atoms with Gasteiger partial charge in [0.05, 0.1) is 11.0 Å². The van der Waals surface area contributed by atoms with Crippen molar-refractivity contribution < 1.29 is 9.59 Å². The molecule has 1 heterocycles. The summed E-state index contributed by atoms with van der Waals surface area (Å²) in [6.07, 6.45) is 1.55. The highest BCUT2D eigenvalue weighted by atomic mass is 16.2. The number of hydrogen-bond donors (Lipinski definition) is 3. The Morgan fingerprint density at radius 1 is 1.26 bits per heavy atom. The second kappa shape index (κ2) is 7.76. The van der Waals surface area contributed by atoms with Crippen LogP contribution in [0.25, 0.3) is 11.0 Å². The topological polar surface area (TPSA) is 86.9 Å². The van der Waals surface area contributed by atoms with Gasteiger partial charge in [0.1, 0.15) is 11.9 Å². The Morgan fingerprint density at radius 2 is 2.00 bits per heavy atom. The highest BCUT2D eigenvalue weighted by Crippen LogP contribution is 2.11. The minimum absolute atomic E-state index is 0.0503. The number of para-hydroxylation sites is 2. The van der Waals surface area contributed by atoms with E-state index in [1.807, 2.05) is 38.1 Å². The monoisotopic (exact) mass is 316 g/mol. The lowest BCUT2D eigenvalue weighted by molar-refractivity contribution is -0.129. The Labute approximate surface area is 136 Å². The molecule has 23 heavy (non-hydrogen) atoms. The van der Waals surface area contributed by atoms with Gasteiger partial charge >= 0.3 is 0 Å². The fourth-order valence-corrected chi connectivity index (χ4v) is 2.46. The zero-order chi connectivity index (χ0) is 16.8. The summed E-state index contributed by atoms with van der Waals surface area (Å²) in [6, 6.07) is 7.41. The molecule has 0 fully saturated rings. The van der Waals surface area contributed by atoms with E-state index in [0.717, 1.165) is 29.7 Å². The van der Waals surface area contributed by atoms with Crippen molar-refractivity contribution in [3.63, 3.8) is 0 Å². The standard InChI is InChI=1S/C17H24N4O2/c1-11(2)16(19-12(3)22)17(23)18-10-6-9-15-20-13-7-4-5-8-14(13)21-15/h4-5,7-8,11,16H,6,9-10H2,1-3H3,(H,18,23)(H,19,22)(H,20,21). The minimum Gasteiger partial charge on any atom is -0.354 e. The van der Waals surface area contributed by atoms with Crippen LogP contribution in [-0.2, 0) is 16.0 Å². The van der Waals surface area contributed by atoms with Crippen LogP contribution in [0.3, 0.4) is 0 Å². The number of benzene rings is 1. The van der Waals surface area contributed by atoms with Crippen LogP contribution in [0.4, 0.5) is 0 Å². The third kappa shape index (κ3) is 4.81. The first-order valence-corrected chi connectivity index (χ1v) is 7.96. The number of nitrogens with zero attached hydrogens (tertiary/aromatic N) is 1. The van der Waals surface area contributed by atoms with Gasteiger partial charge in [-0.15, -0.1) is 0 Å². The van der Waals surface area contributed by atoms with Crippen molar-refractivity contribution in [2.75, 3.05) is 6.54 Å². The number of hydrogen-bond acceptors (Lipinski definition) is 3. The molecule has 0 spiro atoms. The average molecular weight is 316 g/mol. The van der Waals surface area contributed by atoms with Crippen molar-refractivity contribution in [3.8, 4) is 0 Å². The summed E-state index contributed by atoms with van der Waals surface area (Å²) in [7, 11) is 0. The van der Waals surface area contributed by atoms with Gasteiger partial charge in [-0.2, -0.15) is 0 Å². The second-order valence-corrected chi connectivity index (χ2v) is 6.02. The second-order valence-electron chi connectivity index (χ2n) is 6.02. The van der Waals surface area contributed by atoms with Gasteiger partial charge in [0.25, 0.3) is 0 Å². The lowest BCUT2D eigenvalue weighted by Crippen LogP contribution is -2.49. The summed E-state index contributed by atoms with van der Waals surface area (Å²) >= 11 is 0. The largest absolute Gasteiger partial charge is 0.354 e. The molecule has 0 saturated heterocycles. The smallest absolute Gasteiger partial charge is 0.242 e. The van der Waals surface area contributed by atoms with Gasteiger partial charge in [-0.05, 0) is 24.5 Å². The zero-order valence-corrected chi connectivity index (χ0v) is 13.8. The predicted octanol–water partition coefficient (Wildman–Crippen LogP) is 1.77. The van der Waals surface area contributed by atoms with Crippen LogP contribution in [0.2, 0.25) is 0 Å². The van der Waals surface area contributed by atoms with E-state index in [9.17, 15) is 9.59 Å². The maximum absolute atomic E-state index is 12.1. The lowest BCUT2D eigenvalue weighted by Gasteiger charge is -2.20. The predicted molar refractivity (Wildman–Crippen MR) is 89.9 cm³/mol. The Bertz CT molecular complexity index is 645.